The van der Waals surface area contributed by atoms with Crippen molar-refractivity contribution in [2.75, 3.05) is 27.8 Å². The summed E-state index contributed by atoms with van der Waals surface area (Å²) in [5, 5.41) is 4.66. The fourth-order valence-electron chi connectivity index (χ4n) is 3.69. The predicted molar refractivity (Wildman–Crippen MR) is 129 cm³/mol. The molecule has 1 heterocycles. The third-order valence-corrected chi connectivity index (χ3v) is 5.60. The van der Waals surface area contributed by atoms with Gasteiger partial charge in [-0.2, -0.15) is 5.10 Å². The fraction of sp³-hybridized carbons (Fsp3) is 0.185. The SMILES string of the molecule is COc1ccc(CCN(C)C(=O)c2cc(-c3ccccc3)nn2-c2ccc(F)cc2)cc1OC. The second-order valence-electron chi connectivity index (χ2n) is 7.84. The van der Waals surface area contributed by atoms with Gasteiger partial charge in [0.05, 0.1) is 25.6 Å². The molecule has 174 valence electrons. The summed E-state index contributed by atoms with van der Waals surface area (Å²) in [5.41, 5.74) is 3.60. The lowest BCUT2D eigenvalue weighted by molar-refractivity contribution is 0.0787. The molecule has 0 saturated heterocycles. The molecular formula is C27H26FN3O3. The van der Waals surface area contributed by atoms with Crippen LogP contribution in [0.25, 0.3) is 16.9 Å². The molecule has 0 fully saturated rings. The number of rotatable bonds is 8. The van der Waals surface area contributed by atoms with Crippen LogP contribution >= 0.6 is 0 Å². The number of nitrogens with zero attached hydrogens (tertiary/aromatic N) is 3. The molecule has 0 aliphatic heterocycles. The molecule has 7 heteroatoms. The van der Waals surface area contributed by atoms with Crippen LogP contribution < -0.4 is 9.47 Å². The van der Waals surface area contributed by atoms with Crippen LogP contribution in [0, 0.1) is 5.82 Å². The van der Waals surface area contributed by atoms with Gasteiger partial charge in [0.25, 0.3) is 5.91 Å². The average Bonchev–Trinajstić information content (AvgIpc) is 3.33. The number of halogens is 1. The van der Waals surface area contributed by atoms with Gasteiger partial charge >= 0.3 is 0 Å². The minimum Gasteiger partial charge on any atom is -0.493 e. The summed E-state index contributed by atoms with van der Waals surface area (Å²) < 4.78 is 25.7. The molecule has 1 aromatic heterocycles. The summed E-state index contributed by atoms with van der Waals surface area (Å²) in [6.07, 6.45) is 0.638. The smallest absolute Gasteiger partial charge is 0.272 e. The van der Waals surface area contributed by atoms with Crippen LogP contribution in [0.5, 0.6) is 11.5 Å². The third-order valence-electron chi connectivity index (χ3n) is 5.60. The van der Waals surface area contributed by atoms with Crippen LogP contribution in [0.2, 0.25) is 0 Å². The molecule has 0 aliphatic rings. The highest BCUT2D eigenvalue weighted by molar-refractivity contribution is 5.94. The van der Waals surface area contributed by atoms with E-state index in [0.717, 1.165) is 11.1 Å². The molecule has 0 aliphatic carbocycles. The van der Waals surface area contributed by atoms with Crippen molar-refractivity contribution in [2.24, 2.45) is 0 Å². The van der Waals surface area contributed by atoms with Gasteiger partial charge in [-0.1, -0.05) is 36.4 Å². The highest BCUT2D eigenvalue weighted by atomic mass is 19.1. The van der Waals surface area contributed by atoms with E-state index in [-0.39, 0.29) is 11.7 Å². The number of likely N-dealkylation sites (N-methyl/N-ethyl adjacent to an activating group) is 1. The summed E-state index contributed by atoms with van der Waals surface area (Å²) in [6.45, 7) is 0.490. The second kappa shape index (κ2) is 10.2. The summed E-state index contributed by atoms with van der Waals surface area (Å²) in [7, 11) is 4.95. The standard InChI is InChI=1S/C27H26FN3O3/c1-30(16-15-19-9-14-25(33-2)26(17-19)34-3)27(32)24-18-23(20-7-5-4-6-8-20)29-31(24)22-12-10-21(28)11-13-22/h4-14,17-18H,15-16H2,1-3H3. The van der Waals surface area contributed by atoms with Gasteiger partial charge in [0.15, 0.2) is 11.5 Å². The van der Waals surface area contributed by atoms with Crippen molar-refractivity contribution in [1.82, 2.24) is 14.7 Å². The number of aromatic nitrogens is 2. The fourth-order valence-corrected chi connectivity index (χ4v) is 3.69. The van der Waals surface area contributed by atoms with Crippen LogP contribution in [0.4, 0.5) is 4.39 Å². The first kappa shape index (κ1) is 23.0. The number of carbonyl (C=O) groups excluding carboxylic acids is 1. The maximum absolute atomic E-state index is 13.5. The van der Waals surface area contributed by atoms with Crippen molar-refractivity contribution in [1.29, 1.82) is 0 Å². The Morgan fingerprint density at radius 3 is 2.32 bits per heavy atom. The van der Waals surface area contributed by atoms with Gasteiger partial charge in [-0.3, -0.25) is 4.79 Å². The van der Waals surface area contributed by atoms with Gasteiger partial charge in [-0.15, -0.1) is 0 Å². The Hall–Kier alpha value is -4.13. The number of hydrogen-bond acceptors (Lipinski definition) is 4. The maximum atomic E-state index is 13.5. The molecule has 0 radical (unpaired) electrons. The Labute approximate surface area is 198 Å². The molecule has 4 aromatic rings. The Bertz CT molecular complexity index is 1270. The first-order valence-electron chi connectivity index (χ1n) is 10.9. The molecule has 0 saturated carbocycles. The van der Waals surface area contributed by atoms with Crippen LogP contribution in [-0.2, 0) is 6.42 Å². The number of ether oxygens (including phenoxy) is 2. The van der Waals surface area contributed by atoms with E-state index in [1.54, 1.807) is 49.0 Å². The minimum absolute atomic E-state index is 0.181. The number of benzene rings is 3. The number of hydrogen-bond donors (Lipinski definition) is 0. The van der Waals surface area contributed by atoms with Gasteiger partial charge in [-0.05, 0) is 54.4 Å². The van der Waals surface area contributed by atoms with Crippen molar-refractivity contribution in [3.63, 3.8) is 0 Å². The lowest BCUT2D eigenvalue weighted by atomic mass is 10.1. The Morgan fingerprint density at radius 1 is 0.941 bits per heavy atom. The second-order valence-corrected chi connectivity index (χ2v) is 7.84. The van der Waals surface area contributed by atoms with Gasteiger partial charge in [0.2, 0.25) is 0 Å². The van der Waals surface area contributed by atoms with E-state index in [2.05, 4.69) is 5.10 Å². The van der Waals surface area contributed by atoms with E-state index in [0.29, 0.717) is 41.5 Å². The number of amides is 1. The van der Waals surface area contributed by atoms with Crippen molar-refractivity contribution >= 4 is 5.91 Å². The largest absolute Gasteiger partial charge is 0.493 e. The lowest BCUT2D eigenvalue weighted by Gasteiger charge is -2.18. The molecule has 0 unspecified atom stereocenters. The predicted octanol–water partition coefficient (Wildman–Crippen LogP) is 5.01. The monoisotopic (exact) mass is 459 g/mol. The van der Waals surface area contributed by atoms with E-state index < -0.39 is 0 Å². The van der Waals surface area contributed by atoms with Crippen molar-refractivity contribution in [2.45, 2.75) is 6.42 Å². The highest BCUT2D eigenvalue weighted by Crippen LogP contribution is 2.28. The molecule has 3 aromatic carbocycles. The van der Waals surface area contributed by atoms with Gasteiger partial charge in [0.1, 0.15) is 11.5 Å². The van der Waals surface area contributed by atoms with Crippen LogP contribution in [0.3, 0.4) is 0 Å². The summed E-state index contributed by atoms with van der Waals surface area (Å²) >= 11 is 0. The molecule has 0 bridgehead atoms. The van der Waals surface area contributed by atoms with Gasteiger partial charge < -0.3 is 14.4 Å². The first-order valence-corrected chi connectivity index (χ1v) is 10.9. The zero-order valence-electron chi connectivity index (χ0n) is 19.4. The Morgan fingerprint density at radius 2 is 1.65 bits per heavy atom. The lowest BCUT2D eigenvalue weighted by Crippen LogP contribution is -2.30. The van der Waals surface area contributed by atoms with Gasteiger partial charge in [0, 0.05) is 19.2 Å². The molecule has 0 spiro atoms. The molecule has 0 N–H and O–H groups in total. The molecule has 1 amide bonds. The normalized spacial score (nSPS) is 10.7. The highest BCUT2D eigenvalue weighted by Gasteiger charge is 2.21. The summed E-state index contributed by atoms with van der Waals surface area (Å²) in [4.78, 5) is 15.1. The van der Waals surface area contributed by atoms with E-state index in [4.69, 9.17) is 9.47 Å². The summed E-state index contributed by atoms with van der Waals surface area (Å²) in [5.74, 6) is 0.779. The van der Waals surface area contributed by atoms with Crippen LogP contribution in [0.1, 0.15) is 16.1 Å². The topological polar surface area (TPSA) is 56.6 Å². The maximum Gasteiger partial charge on any atom is 0.272 e. The Kier molecular flexibility index (Phi) is 6.92. The molecule has 34 heavy (non-hydrogen) atoms. The third kappa shape index (κ3) is 4.93. The quantitative estimate of drug-likeness (QED) is 0.372. The van der Waals surface area contributed by atoms with Crippen molar-refractivity contribution in [3.05, 3.63) is 95.9 Å². The minimum atomic E-state index is -0.348. The molecule has 4 rings (SSSR count). The number of methoxy groups -OCH3 is 2. The molecular weight excluding hydrogens is 433 g/mol. The van der Waals surface area contributed by atoms with E-state index >= 15 is 0 Å². The average molecular weight is 460 g/mol. The molecule has 6 nitrogen and oxygen atoms in total. The van der Waals surface area contributed by atoms with E-state index in [9.17, 15) is 9.18 Å². The van der Waals surface area contributed by atoms with Crippen LogP contribution in [-0.4, -0.2) is 48.4 Å². The van der Waals surface area contributed by atoms with Gasteiger partial charge in [-0.25, -0.2) is 9.07 Å². The van der Waals surface area contributed by atoms with E-state index in [1.807, 2.05) is 48.5 Å². The Balaban J connectivity index is 1.60. The molecule has 0 atom stereocenters. The zero-order valence-corrected chi connectivity index (χ0v) is 19.4. The number of carbonyl (C=O) groups is 1. The van der Waals surface area contributed by atoms with Crippen molar-refractivity contribution in [3.8, 4) is 28.4 Å². The summed E-state index contributed by atoms with van der Waals surface area (Å²) in [6, 6.07) is 23.1. The van der Waals surface area contributed by atoms with Crippen molar-refractivity contribution < 1.29 is 18.7 Å². The zero-order chi connectivity index (χ0) is 24.1. The van der Waals surface area contributed by atoms with Crippen LogP contribution in [0.15, 0.2) is 78.9 Å². The first-order chi connectivity index (χ1) is 16.5. The van der Waals surface area contributed by atoms with E-state index in [1.165, 1.54) is 12.1 Å².